The van der Waals surface area contributed by atoms with Gasteiger partial charge in [0.2, 0.25) is 5.91 Å². The third kappa shape index (κ3) is 4.63. The Bertz CT molecular complexity index is 469. The van der Waals surface area contributed by atoms with Crippen molar-refractivity contribution in [3.05, 3.63) is 23.8 Å². The van der Waals surface area contributed by atoms with Gasteiger partial charge in [0.15, 0.2) is 0 Å². The molecule has 21 heavy (non-hydrogen) atoms. The summed E-state index contributed by atoms with van der Waals surface area (Å²) in [5.41, 5.74) is 1.02. The zero-order valence-corrected chi connectivity index (χ0v) is 12.7. The van der Waals surface area contributed by atoms with Crippen molar-refractivity contribution >= 4 is 5.91 Å². The molecule has 116 valence electrons. The average Bonchev–Trinajstić information content (AvgIpc) is 3.00. The van der Waals surface area contributed by atoms with E-state index in [0.717, 1.165) is 36.5 Å². The predicted octanol–water partition coefficient (Wildman–Crippen LogP) is 1.93. The van der Waals surface area contributed by atoms with Crippen LogP contribution in [0.1, 0.15) is 24.8 Å². The summed E-state index contributed by atoms with van der Waals surface area (Å²) in [6.45, 7) is 1.36. The second kappa shape index (κ2) is 7.88. The molecule has 1 aliphatic rings. The lowest BCUT2D eigenvalue weighted by molar-refractivity contribution is -0.123. The van der Waals surface area contributed by atoms with Crippen LogP contribution in [0.15, 0.2) is 18.2 Å². The van der Waals surface area contributed by atoms with E-state index < -0.39 is 0 Å². The molecule has 5 nitrogen and oxygen atoms in total. The molecule has 0 aromatic heterocycles. The van der Waals surface area contributed by atoms with Crippen LogP contribution in [0.5, 0.6) is 11.5 Å². The normalized spacial score (nSPS) is 17.5. The van der Waals surface area contributed by atoms with Crippen LogP contribution < -0.4 is 14.8 Å². The van der Waals surface area contributed by atoms with Gasteiger partial charge in [-0.3, -0.25) is 4.79 Å². The summed E-state index contributed by atoms with van der Waals surface area (Å²) >= 11 is 0. The van der Waals surface area contributed by atoms with E-state index in [1.807, 2.05) is 18.2 Å². The van der Waals surface area contributed by atoms with Crippen LogP contribution in [-0.2, 0) is 16.0 Å². The quantitative estimate of drug-likeness (QED) is 0.834. The lowest BCUT2D eigenvalue weighted by Gasteiger charge is -2.12. The molecule has 1 aromatic rings. The molecule has 1 atom stereocenters. The number of hydrogen-bond acceptors (Lipinski definition) is 4. The second-order valence-electron chi connectivity index (χ2n) is 5.12. The average molecular weight is 293 g/mol. The number of nitrogens with one attached hydrogen (secondary N) is 1. The number of benzene rings is 1. The van der Waals surface area contributed by atoms with Crippen molar-refractivity contribution in [1.82, 2.24) is 5.32 Å². The van der Waals surface area contributed by atoms with E-state index >= 15 is 0 Å². The van der Waals surface area contributed by atoms with Crippen LogP contribution >= 0.6 is 0 Å². The van der Waals surface area contributed by atoms with Gasteiger partial charge in [-0.15, -0.1) is 0 Å². The van der Waals surface area contributed by atoms with Gasteiger partial charge in [-0.05, 0) is 43.0 Å². The maximum atomic E-state index is 11.8. The highest BCUT2D eigenvalue weighted by Crippen LogP contribution is 2.24. The van der Waals surface area contributed by atoms with E-state index in [1.54, 1.807) is 14.2 Å². The Balaban J connectivity index is 1.80. The standard InChI is InChI=1S/C16H23NO4/c1-19-13-5-6-15(20-2)12(10-13)7-8-17-16(18)11-14-4-3-9-21-14/h5-6,10,14H,3-4,7-9,11H2,1-2H3,(H,17,18)/t14-/m0/s1. The summed E-state index contributed by atoms with van der Waals surface area (Å²) in [6, 6.07) is 5.67. The number of rotatable bonds is 7. The van der Waals surface area contributed by atoms with Crippen molar-refractivity contribution in [1.29, 1.82) is 0 Å². The van der Waals surface area contributed by atoms with Crippen molar-refractivity contribution in [2.45, 2.75) is 31.8 Å². The van der Waals surface area contributed by atoms with Gasteiger partial charge in [0.05, 0.1) is 26.7 Å². The molecule has 2 rings (SSSR count). The Morgan fingerprint density at radius 2 is 2.24 bits per heavy atom. The van der Waals surface area contributed by atoms with E-state index in [2.05, 4.69) is 5.32 Å². The van der Waals surface area contributed by atoms with E-state index in [9.17, 15) is 4.79 Å². The van der Waals surface area contributed by atoms with Crippen molar-refractivity contribution in [3.63, 3.8) is 0 Å². The highest BCUT2D eigenvalue weighted by molar-refractivity contribution is 5.76. The zero-order chi connectivity index (χ0) is 15.1. The molecule has 0 bridgehead atoms. The van der Waals surface area contributed by atoms with Crippen molar-refractivity contribution < 1.29 is 19.0 Å². The maximum absolute atomic E-state index is 11.8. The van der Waals surface area contributed by atoms with Crippen LogP contribution in [-0.4, -0.2) is 39.4 Å². The summed E-state index contributed by atoms with van der Waals surface area (Å²) in [4.78, 5) is 11.8. The molecule has 0 radical (unpaired) electrons. The van der Waals surface area contributed by atoms with Gasteiger partial charge in [0.25, 0.3) is 0 Å². The molecule has 1 amide bonds. The fourth-order valence-electron chi connectivity index (χ4n) is 2.50. The summed E-state index contributed by atoms with van der Waals surface area (Å²) in [5, 5.41) is 2.93. The topological polar surface area (TPSA) is 56.8 Å². The Hall–Kier alpha value is -1.75. The van der Waals surface area contributed by atoms with Crippen molar-refractivity contribution in [2.24, 2.45) is 0 Å². The molecule has 0 saturated carbocycles. The van der Waals surface area contributed by atoms with E-state index in [-0.39, 0.29) is 12.0 Å². The Kier molecular flexibility index (Phi) is 5.87. The SMILES string of the molecule is COc1ccc(OC)c(CCNC(=O)C[C@@H]2CCCO2)c1. The summed E-state index contributed by atoms with van der Waals surface area (Å²) in [5.74, 6) is 1.64. The molecule has 1 aliphatic heterocycles. The molecular weight excluding hydrogens is 270 g/mol. The number of carbonyl (C=O) groups excluding carboxylic acids is 1. The Labute approximate surface area is 125 Å². The minimum absolute atomic E-state index is 0.0452. The van der Waals surface area contributed by atoms with Gasteiger partial charge in [0.1, 0.15) is 11.5 Å². The van der Waals surface area contributed by atoms with Crippen LogP contribution in [0.25, 0.3) is 0 Å². The molecule has 1 saturated heterocycles. The lowest BCUT2D eigenvalue weighted by atomic mass is 10.1. The number of ether oxygens (including phenoxy) is 3. The third-order valence-corrected chi connectivity index (χ3v) is 3.64. The molecule has 1 aromatic carbocycles. The molecule has 0 aliphatic carbocycles. The monoisotopic (exact) mass is 293 g/mol. The van der Waals surface area contributed by atoms with Crippen molar-refractivity contribution in [2.75, 3.05) is 27.4 Å². The molecule has 0 spiro atoms. The highest BCUT2D eigenvalue weighted by Gasteiger charge is 2.18. The fraction of sp³-hybridized carbons (Fsp3) is 0.562. The highest BCUT2D eigenvalue weighted by atomic mass is 16.5. The first-order valence-corrected chi connectivity index (χ1v) is 7.32. The predicted molar refractivity (Wildman–Crippen MR) is 79.9 cm³/mol. The maximum Gasteiger partial charge on any atom is 0.222 e. The van der Waals surface area contributed by atoms with Gasteiger partial charge < -0.3 is 19.5 Å². The lowest BCUT2D eigenvalue weighted by Crippen LogP contribution is -2.29. The minimum atomic E-state index is 0.0452. The summed E-state index contributed by atoms with van der Waals surface area (Å²) in [7, 11) is 3.27. The molecule has 1 N–H and O–H groups in total. The van der Waals surface area contributed by atoms with Crippen molar-refractivity contribution in [3.8, 4) is 11.5 Å². The Morgan fingerprint density at radius 3 is 2.90 bits per heavy atom. The van der Waals surface area contributed by atoms with Gasteiger partial charge in [0, 0.05) is 13.2 Å². The Morgan fingerprint density at radius 1 is 1.38 bits per heavy atom. The van der Waals surface area contributed by atoms with Crippen LogP contribution in [0.4, 0.5) is 0 Å². The first kappa shape index (κ1) is 15.6. The molecule has 1 heterocycles. The largest absolute Gasteiger partial charge is 0.497 e. The molecule has 1 fully saturated rings. The third-order valence-electron chi connectivity index (χ3n) is 3.64. The molecule has 0 unspecified atom stereocenters. The molecule has 5 heteroatoms. The van der Waals surface area contributed by atoms with Gasteiger partial charge >= 0.3 is 0 Å². The number of amides is 1. The number of carbonyl (C=O) groups is 1. The van der Waals surface area contributed by atoms with Gasteiger partial charge in [-0.1, -0.05) is 0 Å². The first-order chi connectivity index (χ1) is 10.2. The van der Waals surface area contributed by atoms with Crippen LogP contribution in [0, 0.1) is 0 Å². The number of methoxy groups -OCH3 is 2. The molecular formula is C16H23NO4. The van der Waals surface area contributed by atoms with E-state index in [1.165, 1.54) is 0 Å². The second-order valence-corrected chi connectivity index (χ2v) is 5.12. The summed E-state index contributed by atoms with van der Waals surface area (Å²) < 4.78 is 16.0. The minimum Gasteiger partial charge on any atom is -0.497 e. The van der Waals surface area contributed by atoms with E-state index in [4.69, 9.17) is 14.2 Å². The van der Waals surface area contributed by atoms with E-state index in [0.29, 0.717) is 19.4 Å². The number of hydrogen-bond donors (Lipinski definition) is 1. The van der Waals surface area contributed by atoms with Crippen LogP contribution in [0.2, 0.25) is 0 Å². The van der Waals surface area contributed by atoms with Crippen LogP contribution in [0.3, 0.4) is 0 Å². The van der Waals surface area contributed by atoms with Gasteiger partial charge in [-0.2, -0.15) is 0 Å². The zero-order valence-electron chi connectivity index (χ0n) is 12.7. The smallest absolute Gasteiger partial charge is 0.222 e. The summed E-state index contributed by atoms with van der Waals surface area (Å²) in [6.07, 6.45) is 3.29. The first-order valence-electron chi connectivity index (χ1n) is 7.32. The van der Waals surface area contributed by atoms with Gasteiger partial charge in [-0.25, -0.2) is 0 Å². The fourth-order valence-corrected chi connectivity index (χ4v) is 2.50.